The predicted molar refractivity (Wildman–Crippen MR) is 87.4 cm³/mol. The molecule has 7 heteroatoms. The van der Waals surface area contributed by atoms with Crippen LogP contribution in [0.25, 0.3) is 0 Å². The van der Waals surface area contributed by atoms with Gasteiger partial charge in [-0.15, -0.1) is 22.7 Å². The summed E-state index contributed by atoms with van der Waals surface area (Å²) in [7, 11) is -3.29. The van der Waals surface area contributed by atoms with Crippen molar-refractivity contribution in [3.63, 3.8) is 0 Å². The average Bonchev–Trinajstić information content (AvgIpc) is 3.19. The van der Waals surface area contributed by atoms with Crippen molar-refractivity contribution in [3.05, 3.63) is 39.9 Å². The zero-order chi connectivity index (χ0) is 14.9. The fraction of sp³-hybridized carbons (Fsp3) is 0.429. The normalized spacial score (nSPS) is 19.7. The van der Waals surface area contributed by atoms with Gasteiger partial charge in [0.2, 0.25) is 0 Å². The number of thiophene rings is 2. The Hall–Kier alpha value is -0.730. The van der Waals surface area contributed by atoms with Gasteiger partial charge < -0.3 is 0 Å². The van der Waals surface area contributed by atoms with Gasteiger partial charge in [0.1, 0.15) is 4.21 Å². The third-order valence-electron chi connectivity index (χ3n) is 3.87. The van der Waals surface area contributed by atoms with Gasteiger partial charge in [-0.3, -0.25) is 4.90 Å². The van der Waals surface area contributed by atoms with E-state index in [1.54, 1.807) is 27.8 Å². The molecule has 0 bridgehead atoms. The van der Waals surface area contributed by atoms with E-state index in [-0.39, 0.29) is 0 Å². The molecule has 3 heterocycles. The SMILES string of the molecule is CC(c1cccs1)N1CCN(S(=O)(=O)c2cccs2)CC1. The van der Waals surface area contributed by atoms with Crippen molar-refractivity contribution in [1.82, 2.24) is 9.21 Å². The van der Waals surface area contributed by atoms with Gasteiger partial charge in [-0.05, 0) is 29.8 Å². The molecule has 0 radical (unpaired) electrons. The molecule has 3 rings (SSSR count). The van der Waals surface area contributed by atoms with Gasteiger partial charge in [0.15, 0.2) is 0 Å². The molecule has 1 fully saturated rings. The lowest BCUT2D eigenvalue weighted by molar-refractivity contribution is 0.147. The molecule has 21 heavy (non-hydrogen) atoms. The summed E-state index contributed by atoms with van der Waals surface area (Å²) in [6.45, 7) is 4.88. The van der Waals surface area contributed by atoms with Crippen LogP contribution >= 0.6 is 22.7 Å². The van der Waals surface area contributed by atoms with E-state index < -0.39 is 10.0 Å². The summed E-state index contributed by atoms with van der Waals surface area (Å²) < 4.78 is 27.0. The Morgan fingerprint density at radius 1 is 1.05 bits per heavy atom. The molecular weight excluding hydrogens is 324 g/mol. The standard InChI is InChI=1S/C14H18N2O2S3/c1-12(13-4-2-10-19-13)15-6-8-16(9-7-15)21(17,18)14-5-3-11-20-14/h2-5,10-12H,6-9H2,1H3. The molecule has 114 valence electrons. The van der Waals surface area contributed by atoms with E-state index in [9.17, 15) is 8.42 Å². The van der Waals surface area contributed by atoms with E-state index in [0.717, 1.165) is 13.1 Å². The first-order chi connectivity index (χ1) is 10.1. The Morgan fingerprint density at radius 2 is 1.71 bits per heavy atom. The zero-order valence-corrected chi connectivity index (χ0v) is 14.3. The van der Waals surface area contributed by atoms with Crippen LogP contribution in [0.5, 0.6) is 0 Å². The summed E-state index contributed by atoms with van der Waals surface area (Å²) in [6.07, 6.45) is 0. The maximum absolute atomic E-state index is 12.5. The number of hydrogen-bond acceptors (Lipinski definition) is 5. The third-order valence-corrected chi connectivity index (χ3v) is 8.18. The van der Waals surface area contributed by atoms with Crippen LogP contribution < -0.4 is 0 Å². The highest BCUT2D eigenvalue weighted by Crippen LogP contribution is 2.27. The van der Waals surface area contributed by atoms with E-state index >= 15 is 0 Å². The number of piperazine rings is 1. The summed E-state index contributed by atoms with van der Waals surface area (Å²) in [6, 6.07) is 8.03. The summed E-state index contributed by atoms with van der Waals surface area (Å²) in [5.74, 6) is 0. The first kappa shape index (κ1) is 15.2. The minimum Gasteiger partial charge on any atom is -0.293 e. The summed E-state index contributed by atoms with van der Waals surface area (Å²) >= 11 is 3.04. The van der Waals surface area contributed by atoms with Crippen molar-refractivity contribution in [2.24, 2.45) is 0 Å². The van der Waals surface area contributed by atoms with E-state index in [2.05, 4.69) is 29.3 Å². The van der Waals surface area contributed by atoms with E-state index in [1.807, 2.05) is 5.38 Å². The van der Waals surface area contributed by atoms with E-state index in [1.165, 1.54) is 16.2 Å². The largest absolute Gasteiger partial charge is 0.293 e. The van der Waals surface area contributed by atoms with Gasteiger partial charge in [0.05, 0.1) is 0 Å². The Kier molecular flexibility index (Phi) is 4.46. The first-order valence-electron chi connectivity index (χ1n) is 6.90. The van der Waals surface area contributed by atoms with Crippen molar-refractivity contribution in [1.29, 1.82) is 0 Å². The highest BCUT2D eigenvalue weighted by atomic mass is 32.2. The van der Waals surface area contributed by atoms with Crippen LogP contribution in [0.15, 0.2) is 39.2 Å². The van der Waals surface area contributed by atoms with Crippen LogP contribution in [0, 0.1) is 0 Å². The second-order valence-electron chi connectivity index (χ2n) is 5.06. The predicted octanol–water partition coefficient (Wildman–Crippen LogP) is 2.88. The second-order valence-corrected chi connectivity index (χ2v) is 9.16. The maximum atomic E-state index is 12.5. The molecule has 0 aromatic carbocycles. The molecule has 2 aromatic heterocycles. The number of sulfonamides is 1. The first-order valence-corrected chi connectivity index (χ1v) is 10.1. The molecule has 1 unspecified atom stereocenters. The molecule has 0 N–H and O–H groups in total. The number of hydrogen-bond donors (Lipinski definition) is 0. The second kappa shape index (κ2) is 6.18. The molecule has 1 aliphatic rings. The van der Waals surface area contributed by atoms with Gasteiger partial charge in [0.25, 0.3) is 10.0 Å². The third kappa shape index (κ3) is 3.07. The Morgan fingerprint density at radius 3 is 2.29 bits per heavy atom. The van der Waals surface area contributed by atoms with Crippen molar-refractivity contribution in [2.75, 3.05) is 26.2 Å². The highest BCUT2D eigenvalue weighted by Gasteiger charge is 2.30. The fourth-order valence-corrected chi connectivity index (χ4v) is 5.96. The maximum Gasteiger partial charge on any atom is 0.252 e. The molecule has 2 aromatic rings. The molecule has 0 spiro atoms. The van der Waals surface area contributed by atoms with Crippen LogP contribution in [0.1, 0.15) is 17.8 Å². The molecule has 0 amide bonds. The quantitative estimate of drug-likeness (QED) is 0.858. The van der Waals surface area contributed by atoms with Gasteiger partial charge in [-0.2, -0.15) is 4.31 Å². The number of rotatable bonds is 4. The number of nitrogens with zero attached hydrogens (tertiary/aromatic N) is 2. The fourth-order valence-electron chi connectivity index (χ4n) is 2.58. The van der Waals surface area contributed by atoms with Gasteiger partial charge >= 0.3 is 0 Å². The minimum absolute atomic E-state index is 0.358. The lowest BCUT2D eigenvalue weighted by Gasteiger charge is -2.36. The highest BCUT2D eigenvalue weighted by molar-refractivity contribution is 7.91. The Bertz CT molecular complexity index is 657. The molecule has 0 aliphatic carbocycles. The van der Waals surface area contributed by atoms with Crippen LogP contribution in [0.4, 0.5) is 0 Å². The summed E-state index contributed by atoms with van der Waals surface area (Å²) in [4.78, 5) is 3.69. The van der Waals surface area contributed by atoms with Crippen LogP contribution in [-0.4, -0.2) is 43.8 Å². The zero-order valence-electron chi connectivity index (χ0n) is 11.8. The Labute approximate surface area is 133 Å². The van der Waals surface area contributed by atoms with Crippen molar-refractivity contribution in [2.45, 2.75) is 17.2 Å². The van der Waals surface area contributed by atoms with Gasteiger partial charge in [-0.25, -0.2) is 8.42 Å². The molecule has 4 nitrogen and oxygen atoms in total. The topological polar surface area (TPSA) is 40.6 Å². The molecular formula is C14H18N2O2S3. The average molecular weight is 343 g/mol. The Balaban J connectivity index is 1.66. The van der Waals surface area contributed by atoms with Crippen LogP contribution in [0.2, 0.25) is 0 Å². The summed E-state index contributed by atoms with van der Waals surface area (Å²) in [5.41, 5.74) is 0. The van der Waals surface area contributed by atoms with Gasteiger partial charge in [0, 0.05) is 37.1 Å². The van der Waals surface area contributed by atoms with Gasteiger partial charge in [-0.1, -0.05) is 12.1 Å². The van der Waals surface area contributed by atoms with E-state index in [4.69, 9.17) is 0 Å². The monoisotopic (exact) mass is 342 g/mol. The lowest BCUT2D eigenvalue weighted by Crippen LogP contribution is -2.48. The van der Waals surface area contributed by atoms with Crippen molar-refractivity contribution < 1.29 is 8.42 Å². The molecule has 0 saturated carbocycles. The van der Waals surface area contributed by atoms with Crippen molar-refractivity contribution >= 4 is 32.7 Å². The molecule has 1 atom stereocenters. The van der Waals surface area contributed by atoms with E-state index in [0.29, 0.717) is 23.3 Å². The molecule has 1 aliphatic heterocycles. The summed E-state index contributed by atoms with van der Waals surface area (Å²) in [5, 5.41) is 3.89. The lowest BCUT2D eigenvalue weighted by atomic mass is 10.2. The van der Waals surface area contributed by atoms with Crippen LogP contribution in [0.3, 0.4) is 0 Å². The van der Waals surface area contributed by atoms with Crippen LogP contribution in [-0.2, 0) is 10.0 Å². The van der Waals surface area contributed by atoms with Crippen molar-refractivity contribution in [3.8, 4) is 0 Å². The smallest absolute Gasteiger partial charge is 0.252 e. The molecule has 1 saturated heterocycles. The minimum atomic E-state index is -3.29.